The van der Waals surface area contributed by atoms with Gasteiger partial charge in [-0.1, -0.05) is 48.5 Å². The first kappa shape index (κ1) is 35.4. The third kappa shape index (κ3) is 9.50. The molecule has 5 N–H and O–H groups in total. The van der Waals surface area contributed by atoms with Gasteiger partial charge in [0, 0.05) is 45.6 Å². The summed E-state index contributed by atoms with van der Waals surface area (Å²) < 4.78 is 0. The maximum Gasteiger partial charge on any atom is 0.0630 e. The predicted molar refractivity (Wildman–Crippen MR) is 234 cm³/mol. The van der Waals surface area contributed by atoms with Crippen molar-refractivity contribution in [2.75, 3.05) is 16.8 Å². The first-order valence-corrected chi connectivity index (χ1v) is 19.1. The van der Waals surface area contributed by atoms with E-state index < -0.39 is 0 Å². The smallest absolute Gasteiger partial charge is 0.0630 e. The summed E-state index contributed by atoms with van der Waals surface area (Å²) in [7, 11) is 0. The minimum Gasteiger partial charge on any atom is -0.399 e. The van der Waals surface area contributed by atoms with Crippen LogP contribution in [0.25, 0.3) is 22.3 Å². The van der Waals surface area contributed by atoms with Crippen LogP contribution in [0.5, 0.6) is 0 Å². The maximum absolute atomic E-state index is 5.83. The van der Waals surface area contributed by atoms with Crippen molar-refractivity contribution in [3.05, 3.63) is 146 Å². The molecule has 55 heavy (non-hydrogen) atoms. The zero-order valence-electron chi connectivity index (χ0n) is 31.0. The molecule has 0 unspecified atom stereocenters. The standard InChI is InChI=1S/C48H45N7/c49-37-9-1-33(2-10-37)35-5-13-39(14-6-35)51-41-17-21-43(22-18-41)53-45-25-29-47(30-26-45)55-48-31-27-46(28-32-48)54-44-23-19-42(20-24-44)52-40-15-7-36(8-16-40)34-3-11-38(50)12-4-34/h1-16,25-32,55H,17-24,49-50H2. The molecule has 2 fully saturated rings. The Morgan fingerprint density at radius 3 is 0.764 bits per heavy atom. The van der Waals surface area contributed by atoms with Gasteiger partial charge in [-0.05, 0) is 171 Å². The number of benzene rings is 6. The highest BCUT2D eigenvalue weighted by atomic mass is 14.9. The Morgan fingerprint density at radius 2 is 0.509 bits per heavy atom. The van der Waals surface area contributed by atoms with Crippen molar-refractivity contribution in [3.63, 3.8) is 0 Å². The lowest BCUT2D eigenvalue weighted by atomic mass is 9.96. The second-order valence-corrected chi connectivity index (χ2v) is 14.3. The Morgan fingerprint density at radius 1 is 0.291 bits per heavy atom. The molecule has 8 rings (SSSR count). The fraction of sp³-hybridized carbons (Fsp3) is 0.167. The summed E-state index contributed by atoms with van der Waals surface area (Å²) in [4.78, 5) is 19.8. The molecule has 7 nitrogen and oxygen atoms in total. The highest BCUT2D eigenvalue weighted by molar-refractivity contribution is 6.01. The number of rotatable bonds is 8. The predicted octanol–water partition coefficient (Wildman–Crippen LogP) is 12.8. The molecule has 7 heteroatoms. The van der Waals surface area contributed by atoms with E-state index in [-0.39, 0.29) is 0 Å². The van der Waals surface area contributed by atoms with Crippen molar-refractivity contribution in [1.82, 2.24) is 0 Å². The average Bonchev–Trinajstić information content (AvgIpc) is 3.22. The largest absolute Gasteiger partial charge is 0.399 e. The fourth-order valence-electron chi connectivity index (χ4n) is 7.05. The summed E-state index contributed by atoms with van der Waals surface area (Å²) in [6.07, 6.45) is 7.52. The number of hydrogen-bond acceptors (Lipinski definition) is 7. The van der Waals surface area contributed by atoms with E-state index >= 15 is 0 Å². The Bertz CT molecular complexity index is 2160. The van der Waals surface area contributed by atoms with Crippen LogP contribution in [0.1, 0.15) is 51.4 Å². The van der Waals surface area contributed by atoms with Gasteiger partial charge in [0.2, 0.25) is 0 Å². The zero-order valence-corrected chi connectivity index (χ0v) is 31.0. The minimum atomic E-state index is 0.775. The number of nitrogens with zero attached hydrogens (tertiary/aromatic N) is 4. The van der Waals surface area contributed by atoms with Crippen LogP contribution in [0, 0.1) is 0 Å². The van der Waals surface area contributed by atoms with Crippen LogP contribution in [0.3, 0.4) is 0 Å². The summed E-state index contributed by atoms with van der Waals surface area (Å²) in [5, 5.41) is 3.51. The van der Waals surface area contributed by atoms with Crippen LogP contribution in [0.4, 0.5) is 45.5 Å². The van der Waals surface area contributed by atoms with Crippen molar-refractivity contribution in [1.29, 1.82) is 0 Å². The summed E-state index contributed by atoms with van der Waals surface area (Å²) in [5.41, 5.74) is 28.8. The van der Waals surface area contributed by atoms with Gasteiger partial charge in [-0.25, -0.2) is 0 Å². The molecular weight excluding hydrogens is 675 g/mol. The Kier molecular flexibility index (Phi) is 10.7. The van der Waals surface area contributed by atoms with Gasteiger partial charge in [-0.2, -0.15) is 0 Å². The third-order valence-electron chi connectivity index (χ3n) is 10.2. The molecule has 0 radical (unpaired) electrons. The van der Waals surface area contributed by atoms with Crippen molar-refractivity contribution >= 4 is 68.3 Å². The molecule has 0 aliphatic heterocycles. The van der Waals surface area contributed by atoms with Crippen LogP contribution < -0.4 is 16.8 Å². The highest BCUT2D eigenvalue weighted by Gasteiger charge is 2.15. The van der Waals surface area contributed by atoms with Gasteiger partial charge < -0.3 is 16.8 Å². The second-order valence-electron chi connectivity index (χ2n) is 14.3. The molecule has 0 aromatic heterocycles. The normalized spacial score (nSPS) is 14.3. The van der Waals surface area contributed by atoms with Crippen LogP contribution >= 0.6 is 0 Å². The number of aliphatic imine (C=N–C) groups is 4. The van der Waals surface area contributed by atoms with Crippen molar-refractivity contribution in [2.45, 2.75) is 51.4 Å². The van der Waals surface area contributed by atoms with Crippen LogP contribution in [-0.2, 0) is 0 Å². The number of nitrogens with two attached hydrogens (primary N) is 2. The maximum atomic E-state index is 5.83. The molecule has 0 heterocycles. The number of nitrogens with one attached hydrogen (secondary N) is 1. The Labute approximate surface area is 323 Å². The third-order valence-corrected chi connectivity index (χ3v) is 10.2. The second kappa shape index (κ2) is 16.6. The van der Waals surface area contributed by atoms with Gasteiger partial charge in [-0.3, -0.25) is 20.0 Å². The van der Waals surface area contributed by atoms with E-state index in [0.717, 1.165) is 119 Å². The van der Waals surface area contributed by atoms with Crippen molar-refractivity contribution < 1.29 is 0 Å². The van der Waals surface area contributed by atoms with Crippen molar-refractivity contribution in [3.8, 4) is 22.3 Å². The number of hydrogen-bond donors (Lipinski definition) is 3. The van der Waals surface area contributed by atoms with Gasteiger partial charge >= 0.3 is 0 Å². The minimum absolute atomic E-state index is 0.775. The van der Waals surface area contributed by atoms with Gasteiger partial charge in [0.1, 0.15) is 0 Å². The van der Waals surface area contributed by atoms with E-state index in [9.17, 15) is 0 Å². The quantitative estimate of drug-likeness (QED) is 0.136. The molecule has 0 bridgehead atoms. The van der Waals surface area contributed by atoms with E-state index in [4.69, 9.17) is 31.4 Å². The Hall–Kier alpha value is -6.60. The van der Waals surface area contributed by atoms with Crippen LogP contribution in [0.2, 0.25) is 0 Å². The number of nitrogen functional groups attached to an aromatic ring is 2. The van der Waals surface area contributed by atoms with Gasteiger partial charge in [0.15, 0.2) is 0 Å². The highest BCUT2D eigenvalue weighted by Crippen LogP contribution is 2.29. The van der Waals surface area contributed by atoms with Crippen LogP contribution in [-0.4, -0.2) is 22.8 Å². The SMILES string of the molecule is Nc1ccc(-c2ccc(N=C3CCC(=Nc4ccc(Nc5ccc(N=C6CCC(=Nc7ccc(-c8ccc(N)cc8)cc7)CC6)cc5)cc4)CC3)cc2)cc1. The molecule has 0 amide bonds. The van der Waals surface area contributed by atoms with Crippen molar-refractivity contribution in [2.24, 2.45) is 20.0 Å². The fourth-order valence-corrected chi connectivity index (χ4v) is 7.05. The molecule has 0 spiro atoms. The average molecular weight is 720 g/mol. The summed E-state index contributed by atoms with van der Waals surface area (Å²) in [6.45, 7) is 0. The molecule has 2 saturated carbocycles. The molecule has 0 saturated heterocycles. The van der Waals surface area contributed by atoms with Gasteiger partial charge in [-0.15, -0.1) is 0 Å². The van der Waals surface area contributed by atoms with Gasteiger partial charge in [0.25, 0.3) is 0 Å². The van der Waals surface area contributed by atoms with E-state index in [1.807, 2.05) is 48.5 Å². The van der Waals surface area contributed by atoms with E-state index in [1.165, 1.54) is 22.8 Å². The lowest BCUT2D eigenvalue weighted by Gasteiger charge is -2.16. The lowest BCUT2D eigenvalue weighted by Crippen LogP contribution is -2.13. The molecule has 2 aliphatic carbocycles. The summed E-state index contributed by atoms with van der Waals surface area (Å²) in [6, 6.07) is 49.5. The summed E-state index contributed by atoms with van der Waals surface area (Å²) >= 11 is 0. The first-order chi connectivity index (χ1) is 27.0. The monoisotopic (exact) mass is 719 g/mol. The van der Waals surface area contributed by atoms with Crippen LogP contribution in [0.15, 0.2) is 166 Å². The van der Waals surface area contributed by atoms with E-state index in [1.54, 1.807) is 0 Å². The van der Waals surface area contributed by atoms with E-state index in [0.29, 0.717) is 0 Å². The first-order valence-electron chi connectivity index (χ1n) is 19.1. The summed E-state index contributed by atoms with van der Waals surface area (Å²) in [5.74, 6) is 0. The molecular formula is C48H45N7. The molecule has 272 valence electrons. The van der Waals surface area contributed by atoms with Gasteiger partial charge in [0.05, 0.1) is 22.7 Å². The number of anilines is 4. The molecule has 6 aromatic rings. The topological polar surface area (TPSA) is 114 Å². The molecule has 0 atom stereocenters. The lowest BCUT2D eigenvalue weighted by molar-refractivity contribution is 0.948. The van der Waals surface area contributed by atoms with E-state index in [2.05, 4.69) is 102 Å². The molecule has 6 aromatic carbocycles. The Balaban J connectivity index is 0.792. The molecule has 2 aliphatic rings. The zero-order chi connectivity index (χ0) is 37.4.